The van der Waals surface area contributed by atoms with E-state index in [0.717, 1.165) is 12.8 Å². The molecule has 1 saturated carbocycles. The highest BCUT2D eigenvalue weighted by molar-refractivity contribution is 5.78. The van der Waals surface area contributed by atoms with Crippen LogP contribution in [0, 0.1) is 10.8 Å². The van der Waals surface area contributed by atoms with Crippen LogP contribution in [0.1, 0.15) is 47.0 Å². The summed E-state index contributed by atoms with van der Waals surface area (Å²) in [5, 5.41) is 12.6. The summed E-state index contributed by atoms with van der Waals surface area (Å²) in [4.78, 5) is 10.8. The molecule has 4 heteroatoms. The van der Waals surface area contributed by atoms with E-state index in [-0.39, 0.29) is 6.54 Å². The summed E-state index contributed by atoms with van der Waals surface area (Å²) in [5.74, 6) is -0.660. The lowest BCUT2D eigenvalue weighted by molar-refractivity contribution is -0.125. The SMILES string of the molecule is CC1(C)CC(NCC(O)C(N)=O)CC(C)(C)C1. The number of aliphatic hydroxyl groups excluding tert-OH is 1. The first kappa shape index (κ1) is 14.5. The van der Waals surface area contributed by atoms with Crippen molar-refractivity contribution >= 4 is 5.91 Å². The standard InChI is InChI=1S/C13H26N2O2/c1-12(2)5-9(6-13(3,4)8-12)15-7-10(16)11(14)17/h9-10,15-16H,5-8H2,1-4H3,(H2,14,17). The summed E-state index contributed by atoms with van der Waals surface area (Å²) in [5.41, 5.74) is 5.63. The van der Waals surface area contributed by atoms with Crippen LogP contribution in [-0.2, 0) is 4.79 Å². The molecule has 100 valence electrons. The van der Waals surface area contributed by atoms with Crippen LogP contribution >= 0.6 is 0 Å². The Morgan fingerprint density at radius 3 is 2.24 bits per heavy atom. The third-order valence-corrected chi connectivity index (χ3v) is 3.48. The maximum absolute atomic E-state index is 10.8. The number of carbonyl (C=O) groups excluding carboxylic acids is 1. The number of nitrogens with one attached hydrogen (secondary N) is 1. The van der Waals surface area contributed by atoms with Crippen LogP contribution in [0.3, 0.4) is 0 Å². The van der Waals surface area contributed by atoms with Gasteiger partial charge in [-0.3, -0.25) is 4.79 Å². The van der Waals surface area contributed by atoms with Crippen molar-refractivity contribution in [3.05, 3.63) is 0 Å². The highest BCUT2D eigenvalue weighted by atomic mass is 16.3. The summed E-state index contributed by atoms with van der Waals surface area (Å²) < 4.78 is 0. The van der Waals surface area contributed by atoms with Crippen LogP contribution in [0.15, 0.2) is 0 Å². The molecule has 4 nitrogen and oxygen atoms in total. The van der Waals surface area contributed by atoms with Gasteiger partial charge in [0.15, 0.2) is 0 Å². The van der Waals surface area contributed by atoms with Gasteiger partial charge in [-0.2, -0.15) is 0 Å². The van der Waals surface area contributed by atoms with E-state index in [0.29, 0.717) is 16.9 Å². The molecule has 0 spiro atoms. The lowest BCUT2D eigenvalue weighted by Gasteiger charge is -2.45. The van der Waals surface area contributed by atoms with Crippen LogP contribution in [0.5, 0.6) is 0 Å². The first-order valence-corrected chi connectivity index (χ1v) is 6.32. The number of amides is 1. The predicted molar refractivity (Wildman–Crippen MR) is 68.4 cm³/mol. The van der Waals surface area contributed by atoms with Crippen molar-refractivity contribution in [3.8, 4) is 0 Å². The highest BCUT2D eigenvalue weighted by Gasteiger charge is 2.38. The molecule has 0 aromatic carbocycles. The van der Waals surface area contributed by atoms with Crippen molar-refractivity contribution in [1.82, 2.24) is 5.32 Å². The minimum absolute atomic E-state index is 0.256. The first-order chi connectivity index (χ1) is 7.61. The summed E-state index contributed by atoms with van der Waals surface area (Å²) >= 11 is 0. The van der Waals surface area contributed by atoms with E-state index in [1.54, 1.807) is 0 Å². The van der Waals surface area contributed by atoms with E-state index < -0.39 is 12.0 Å². The minimum atomic E-state index is -1.08. The fraction of sp³-hybridized carbons (Fsp3) is 0.923. The molecule has 1 unspecified atom stereocenters. The molecule has 0 aliphatic heterocycles. The minimum Gasteiger partial charge on any atom is -0.382 e. The molecular weight excluding hydrogens is 216 g/mol. The molecule has 1 aliphatic rings. The molecule has 1 aliphatic carbocycles. The van der Waals surface area contributed by atoms with Crippen LogP contribution in [0.2, 0.25) is 0 Å². The molecule has 0 radical (unpaired) electrons. The maximum atomic E-state index is 10.8. The Morgan fingerprint density at radius 2 is 1.82 bits per heavy atom. The topological polar surface area (TPSA) is 75.3 Å². The Labute approximate surface area is 104 Å². The Hall–Kier alpha value is -0.610. The maximum Gasteiger partial charge on any atom is 0.247 e. The molecular formula is C13H26N2O2. The average molecular weight is 242 g/mol. The van der Waals surface area contributed by atoms with Gasteiger partial charge >= 0.3 is 0 Å². The zero-order valence-electron chi connectivity index (χ0n) is 11.4. The molecule has 1 amide bonds. The van der Waals surface area contributed by atoms with Crippen molar-refractivity contribution in [1.29, 1.82) is 0 Å². The number of hydrogen-bond acceptors (Lipinski definition) is 3. The quantitative estimate of drug-likeness (QED) is 0.689. The molecule has 0 aromatic heterocycles. The smallest absolute Gasteiger partial charge is 0.247 e. The van der Waals surface area contributed by atoms with Gasteiger partial charge in [-0.15, -0.1) is 0 Å². The van der Waals surface area contributed by atoms with E-state index in [9.17, 15) is 9.90 Å². The Morgan fingerprint density at radius 1 is 1.35 bits per heavy atom. The van der Waals surface area contributed by atoms with Crippen molar-refractivity contribution in [3.63, 3.8) is 0 Å². The molecule has 0 heterocycles. The number of primary amides is 1. The van der Waals surface area contributed by atoms with E-state index in [4.69, 9.17) is 5.73 Å². The first-order valence-electron chi connectivity index (χ1n) is 6.32. The van der Waals surface area contributed by atoms with Crippen LogP contribution in [0.4, 0.5) is 0 Å². The van der Waals surface area contributed by atoms with Crippen LogP contribution in [0.25, 0.3) is 0 Å². The van der Waals surface area contributed by atoms with Crippen LogP contribution in [-0.4, -0.2) is 29.7 Å². The molecule has 1 rings (SSSR count). The molecule has 0 saturated heterocycles. The van der Waals surface area contributed by atoms with Crippen molar-refractivity contribution in [2.75, 3.05) is 6.54 Å². The second-order valence-corrected chi connectivity index (χ2v) is 6.94. The van der Waals surface area contributed by atoms with Gasteiger partial charge in [-0.1, -0.05) is 27.7 Å². The normalized spacial score (nSPS) is 25.5. The Balaban J connectivity index is 2.51. The molecule has 17 heavy (non-hydrogen) atoms. The fourth-order valence-electron chi connectivity index (χ4n) is 3.37. The summed E-state index contributed by atoms with van der Waals surface area (Å²) in [6, 6.07) is 0.350. The number of rotatable bonds is 4. The van der Waals surface area contributed by atoms with Gasteiger partial charge in [0.2, 0.25) is 5.91 Å². The number of hydrogen-bond donors (Lipinski definition) is 3. The van der Waals surface area contributed by atoms with E-state index in [1.165, 1.54) is 6.42 Å². The zero-order valence-corrected chi connectivity index (χ0v) is 11.4. The summed E-state index contributed by atoms with van der Waals surface area (Å²) in [6.07, 6.45) is 2.27. The van der Waals surface area contributed by atoms with E-state index in [1.807, 2.05) is 0 Å². The Bertz CT molecular complexity index is 271. The monoisotopic (exact) mass is 242 g/mol. The van der Waals surface area contributed by atoms with Gasteiger partial charge in [0.05, 0.1) is 0 Å². The van der Waals surface area contributed by atoms with Gasteiger partial charge < -0.3 is 16.2 Å². The highest BCUT2D eigenvalue weighted by Crippen LogP contribution is 2.45. The lowest BCUT2D eigenvalue weighted by atomic mass is 9.63. The third kappa shape index (κ3) is 4.64. The van der Waals surface area contributed by atoms with Crippen molar-refractivity contribution < 1.29 is 9.90 Å². The molecule has 1 atom stereocenters. The van der Waals surface area contributed by atoms with Crippen molar-refractivity contribution in [2.45, 2.75) is 59.1 Å². The second-order valence-electron chi connectivity index (χ2n) is 6.94. The number of carbonyl (C=O) groups is 1. The van der Waals surface area contributed by atoms with Gasteiger partial charge in [-0.25, -0.2) is 0 Å². The van der Waals surface area contributed by atoms with E-state index >= 15 is 0 Å². The van der Waals surface area contributed by atoms with Crippen molar-refractivity contribution in [2.24, 2.45) is 16.6 Å². The number of aliphatic hydroxyl groups is 1. The second kappa shape index (κ2) is 4.94. The van der Waals surface area contributed by atoms with Gasteiger partial charge in [0, 0.05) is 12.6 Å². The van der Waals surface area contributed by atoms with Gasteiger partial charge in [-0.05, 0) is 30.1 Å². The lowest BCUT2D eigenvalue weighted by Crippen LogP contribution is -2.47. The molecule has 1 fully saturated rings. The zero-order chi connectivity index (χ0) is 13.3. The summed E-state index contributed by atoms with van der Waals surface area (Å²) in [7, 11) is 0. The largest absolute Gasteiger partial charge is 0.382 e. The molecule has 0 aromatic rings. The fourth-order valence-corrected chi connectivity index (χ4v) is 3.37. The third-order valence-electron chi connectivity index (χ3n) is 3.48. The molecule has 4 N–H and O–H groups in total. The number of nitrogens with two attached hydrogens (primary N) is 1. The predicted octanol–water partition coefficient (Wildman–Crippen LogP) is 1.03. The summed E-state index contributed by atoms with van der Waals surface area (Å²) in [6.45, 7) is 9.34. The van der Waals surface area contributed by atoms with E-state index in [2.05, 4.69) is 33.0 Å². The average Bonchev–Trinajstić information content (AvgIpc) is 2.08. The molecule has 0 bridgehead atoms. The Kier molecular flexibility index (Phi) is 4.20. The van der Waals surface area contributed by atoms with Crippen LogP contribution < -0.4 is 11.1 Å². The van der Waals surface area contributed by atoms with Gasteiger partial charge in [0.25, 0.3) is 0 Å². The van der Waals surface area contributed by atoms with Gasteiger partial charge in [0.1, 0.15) is 6.10 Å².